The molecule has 0 amide bonds. The average Bonchev–Trinajstić information content (AvgIpc) is 2.96. The van der Waals surface area contributed by atoms with Crippen LogP contribution in [0.15, 0.2) is 22.7 Å². The summed E-state index contributed by atoms with van der Waals surface area (Å²) in [7, 11) is 0. The normalized spacial score (nSPS) is 16.0. The molecule has 0 saturated carbocycles. The minimum Gasteiger partial charge on any atom is -0.481 e. The molecule has 1 N–H and O–H groups in total. The Morgan fingerprint density at radius 1 is 1.23 bits per heavy atom. The van der Waals surface area contributed by atoms with Gasteiger partial charge in [-0.15, -0.1) is 0 Å². The number of rotatable bonds is 3. The molecule has 1 saturated heterocycles. The number of hydrogen-bond donors (Lipinski definition) is 1. The van der Waals surface area contributed by atoms with Crippen LogP contribution >= 0.6 is 23.2 Å². The topological polar surface area (TPSA) is 79.5 Å². The summed E-state index contributed by atoms with van der Waals surface area (Å²) in [4.78, 5) is 17.2. The van der Waals surface area contributed by atoms with Crippen molar-refractivity contribution in [2.45, 2.75) is 12.8 Å². The van der Waals surface area contributed by atoms with E-state index in [2.05, 4.69) is 10.1 Å². The number of carboxylic acids is 1. The second-order valence-electron chi connectivity index (χ2n) is 5.16. The van der Waals surface area contributed by atoms with Gasteiger partial charge in [-0.2, -0.15) is 4.98 Å². The van der Waals surface area contributed by atoms with Crippen LogP contribution in [-0.4, -0.2) is 34.3 Å². The molecule has 2 aromatic rings. The van der Waals surface area contributed by atoms with Gasteiger partial charge in [0.15, 0.2) is 0 Å². The standard InChI is InChI=1S/C14H13Cl2N3O3/c15-10-5-9(6-11(16)7-10)12-17-14(22-18-12)19-3-1-8(2-4-19)13(20)21/h5-8H,1-4H2,(H,20,21). The molecule has 0 aliphatic carbocycles. The summed E-state index contributed by atoms with van der Waals surface area (Å²) in [5.41, 5.74) is 0.674. The van der Waals surface area contributed by atoms with Gasteiger partial charge < -0.3 is 14.5 Å². The lowest BCUT2D eigenvalue weighted by atomic mass is 9.97. The molecule has 1 aliphatic rings. The van der Waals surface area contributed by atoms with Gasteiger partial charge in [-0.1, -0.05) is 28.4 Å². The summed E-state index contributed by atoms with van der Waals surface area (Å²) < 4.78 is 5.27. The van der Waals surface area contributed by atoms with Crippen molar-refractivity contribution in [2.75, 3.05) is 18.0 Å². The van der Waals surface area contributed by atoms with Crippen molar-refractivity contribution < 1.29 is 14.4 Å². The fourth-order valence-corrected chi connectivity index (χ4v) is 2.99. The second kappa shape index (κ2) is 6.14. The van der Waals surface area contributed by atoms with E-state index >= 15 is 0 Å². The van der Waals surface area contributed by atoms with E-state index in [0.29, 0.717) is 53.4 Å². The molecule has 1 aromatic carbocycles. The number of aliphatic carboxylic acids is 1. The van der Waals surface area contributed by atoms with Gasteiger partial charge in [0.25, 0.3) is 0 Å². The Kier molecular flexibility index (Phi) is 4.22. The summed E-state index contributed by atoms with van der Waals surface area (Å²) in [6, 6.07) is 5.43. The number of anilines is 1. The first-order valence-electron chi connectivity index (χ1n) is 6.81. The molecular weight excluding hydrogens is 329 g/mol. The third kappa shape index (κ3) is 3.18. The maximum atomic E-state index is 11.0. The van der Waals surface area contributed by atoms with E-state index in [9.17, 15) is 4.79 Å². The first-order chi connectivity index (χ1) is 10.5. The average molecular weight is 342 g/mol. The lowest BCUT2D eigenvalue weighted by Gasteiger charge is -2.28. The van der Waals surface area contributed by atoms with Gasteiger partial charge in [-0.25, -0.2) is 0 Å². The molecule has 0 bridgehead atoms. The van der Waals surface area contributed by atoms with E-state index in [4.69, 9.17) is 32.8 Å². The Morgan fingerprint density at radius 3 is 2.45 bits per heavy atom. The summed E-state index contributed by atoms with van der Waals surface area (Å²) >= 11 is 11.9. The highest BCUT2D eigenvalue weighted by molar-refractivity contribution is 6.35. The zero-order valence-electron chi connectivity index (χ0n) is 11.5. The van der Waals surface area contributed by atoms with E-state index < -0.39 is 5.97 Å². The van der Waals surface area contributed by atoms with Crippen molar-refractivity contribution in [2.24, 2.45) is 5.92 Å². The van der Waals surface area contributed by atoms with Crippen molar-refractivity contribution in [3.05, 3.63) is 28.2 Å². The SMILES string of the molecule is O=C(O)C1CCN(c2nc(-c3cc(Cl)cc(Cl)c3)no2)CC1. The van der Waals surface area contributed by atoms with Crippen LogP contribution in [0.2, 0.25) is 10.0 Å². The van der Waals surface area contributed by atoms with Crippen molar-refractivity contribution in [1.29, 1.82) is 0 Å². The van der Waals surface area contributed by atoms with E-state index in [-0.39, 0.29) is 5.92 Å². The Bertz CT molecular complexity index is 676. The number of halogens is 2. The molecule has 0 spiro atoms. The van der Waals surface area contributed by atoms with Gasteiger partial charge in [-0.05, 0) is 31.0 Å². The molecule has 1 aromatic heterocycles. The van der Waals surface area contributed by atoms with Gasteiger partial charge in [0.1, 0.15) is 0 Å². The van der Waals surface area contributed by atoms with Gasteiger partial charge >= 0.3 is 12.0 Å². The zero-order valence-corrected chi connectivity index (χ0v) is 13.0. The number of carbonyl (C=O) groups is 1. The van der Waals surface area contributed by atoms with Crippen LogP contribution in [0.3, 0.4) is 0 Å². The van der Waals surface area contributed by atoms with Crippen LogP contribution < -0.4 is 4.90 Å². The smallest absolute Gasteiger partial charge is 0.324 e. The van der Waals surface area contributed by atoms with Crippen molar-refractivity contribution in [3.8, 4) is 11.4 Å². The Labute approximate surface area is 136 Å². The molecule has 8 heteroatoms. The van der Waals surface area contributed by atoms with Crippen LogP contribution in [-0.2, 0) is 4.79 Å². The lowest BCUT2D eigenvalue weighted by Crippen LogP contribution is -2.36. The van der Waals surface area contributed by atoms with Gasteiger partial charge in [-0.3, -0.25) is 4.79 Å². The quantitative estimate of drug-likeness (QED) is 0.922. The molecule has 0 radical (unpaired) electrons. The molecular formula is C14H13Cl2N3O3. The van der Waals surface area contributed by atoms with Crippen LogP contribution in [0.25, 0.3) is 11.4 Å². The monoisotopic (exact) mass is 341 g/mol. The fourth-order valence-electron chi connectivity index (χ4n) is 2.46. The first-order valence-corrected chi connectivity index (χ1v) is 7.56. The predicted octanol–water partition coefficient (Wildman–Crippen LogP) is 3.34. The molecule has 6 nitrogen and oxygen atoms in total. The zero-order chi connectivity index (χ0) is 15.7. The van der Waals surface area contributed by atoms with Crippen LogP contribution in [0, 0.1) is 5.92 Å². The van der Waals surface area contributed by atoms with Gasteiger partial charge in [0.2, 0.25) is 5.82 Å². The van der Waals surface area contributed by atoms with Gasteiger partial charge in [0.05, 0.1) is 5.92 Å². The number of hydrogen-bond acceptors (Lipinski definition) is 5. The minimum atomic E-state index is -0.751. The fraction of sp³-hybridized carbons (Fsp3) is 0.357. The molecule has 0 unspecified atom stereocenters. The highest BCUT2D eigenvalue weighted by Gasteiger charge is 2.27. The second-order valence-corrected chi connectivity index (χ2v) is 6.03. The summed E-state index contributed by atoms with van der Waals surface area (Å²) in [5.74, 6) is -0.649. The first kappa shape index (κ1) is 15.1. The number of carboxylic acid groups (broad SMARTS) is 1. The van der Waals surface area contributed by atoms with Crippen LogP contribution in [0.5, 0.6) is 0 Å². The number of aromatic nitrogens is 2. The summed E-state index contributed by atoms with van der Waals surface area (Å²) in [6.45, 7) is 1.16. The molecule has 22 heavy (non-hydrogen) atoms. The molecule has 116 valence electrons. The van der Waals surface area contributed by atoms with Gasteiger partial charge in [0, 0.05) is 28.7 Å². The van der Waals surface area contributed by atoms with Crippen LogP contribution in [0.1, 0.15) is 12.8 Å². The van der Waals surface area contributed by atoms with Crippen molar-refractivity contribution in [3.63, 3.8) is 0 Å². The Hall–Kier alpha value is -1.79. The van der Waals surface area contributed by atoms with E-state index in [0.717, 1.165) is 0 Å². The Balaban J connectivity index is 1.75. The highest BCUT2D eigenvalue weighted by Crippen LogP contribution is 2.28. The largest absolute Gasteiger partial charge is 0.481 e. The molecule has 1 aliphatic heterocycles. The van der Waals surface area contributed by atoms with E-state index in [1.165, 1.54) is 0 Å². The molecule has 2 heterocycles. The Morgan fingerprint density at radius 2 is 1.86 bits per heavy atom. The van der Waals surface area contributed by atoms with E-state index in [1.807, 2.05) is 4.90 Å². The third-order valence-electron chi connectivity index (χ3n) is 3.65. The summed E-state index contributed by atoms with van der Waals surface area (Å²) in [5, 5.41) is 13.9. The maximum Gasteiger partial charge on any atom is 0.324 e. The van der Waals surface area contributed by atoms with Crippen molar-refractivity contribution >= 4 is 35.2 Å². The number of piperidine rings is 1. The predicted molar refractivity (Wildman–Crippen MR) is 82.3 cm³/mol. The third-order valence-corrected chi connectivity index (χ3v) is 4.09. The summed E-state index contributed by atoms with van der Waals surface area (Å²) in [6.07, 6.45) is 1.13. The van der Waals surface area contributed by atoms with Crippen molar-refractivity contribution in [1.82, 2.24) is 10.1 Å². The maximum absolute atomic E-state index is 11.0. The number of benzene rings is 1. The van der Waals surface area contributed by atoms with Crippen LogP contribution in [0.4, 0.5) is 6.01 Å². The molecule has 3 rings (SSSR count). The lowest BCUT2D eigenvalue weighted by molar-refractivity contribution is -0.142. The van der Waals surface area contributed by atoms with E-state index in [1.54, 1.807) is 18.2 Å². The number of nitrogens with zero attached hydrogens (tertiary/aromatic N) is 3. The highest BCUT2D eigenvalue weighted by atomic mass is 35.5. The molecule has 0 atom stereocenters. The minimum absolute atomic E-state index is 0.301. The molecule has 1 fully saturated rings.